The fourth-order valence-corrected chi connectivity index (χ4v) is 4.31. The molecule has 1 aromatic rings. The minimum Gasteiger partial charge on any atom is -0.426 e. The van der Waals surface area contributed by atoms with Gasteiger partial charge in [-0.05, 0) is 81.9 Å². The SMILES string of the molecule is CCC[C@H]1CC[C@H](c2ccc(OC(=O)C3CC(=C(C)C)C3)cc2)CC1. The Morgan fingerprint density at radius 1 is 1.04 bits per heavy atom. The molecule has 1 aromatic carbocycles. The van der Waals surface area contributed by atoms with Crippen LogP contribution >= 0.6 is 0 Å². The van der Waals surface area contributed by atoms with Crippen LogP contribution in [0.25, 0.3) is 0 Å². The van der Waals surface area contributed by atoms with E-state index < -0.39 is 0 Å². The summed E-state index contributed by atoms with van der Waals surface area (Å²) >= 11 is 0. The van der Waals surface area contributed by atoms with Crippen LogP contribution in [0.3, 0.4) is 0 Å². The maximum atomic E-state index is 12.2. The number of esters is 1. The van der Waals surface area contributed by atoms with Gasteiger partial charge in [0, 0.05) is 0 Å². The summed E-state index contributed by atoms with van der Waals surface area (Å²) in [4.78, 5) is 12.2. The lowest BCUT2D eigenvalue weighted by Crippen LogP contribution is -2.28. The van der Waals surface area contributed by atoms with Crippen molar-refractivity contribution in [3.8, 4) is 5.75 Å². The number of rotatable bonds is 5. The number of carbonyl (C=O) groups excluding carboxylic acids is 1. The molecule has 2 fully saturated rings. The molecular formula is C23H32O2. The highest BCUT2D eigenvalue weighted by molar-refractivity contribution is 5.77. The van der Waals surface area contributed by atoms with Gasteiger partial charge in [-0.2, -0.15) is 0 Å². The molecule has 0 saturated heterocycles. The third-order valence-corrected chi connectivity index (χ3v) is 6.14. The molecule has 0 aliphatic heterocycles. The zero-order valence-electron chi connectivity index (χ0n) is 16.0. The van der Waals surface area contributed by atoms with E-state index in [0.29, 0.717) is 11.7 Å². The molecule has 25 heavy (non-hydrogen) atoms. The highest BCUT2D eigenvalue weighted by Gasteiger charge is 2.32. The van der Waals surface area contributed by atoms with Crippen molar-refractivity contribution < 1.29 is 9.53 Å². The molecule has 2 aliphatic carbocycles. The summed E-state index contributed by atoms with van der Waals surface area (Å²) in [5.41, 5.74) is 4.17. The third-order valence-electron chi connectivity index (χ3n) is 6.14. The van der Waals surface area contributed by atoms with Gasteiger partial charge in [-0.25, -0.2) is 0 Å². The van der Waals surface area contributed by atoms with Crippen LogP contribution in [0.1, 0.15) is 83.6 Å². The molecule has 0 amide bonds. The smallest absolute Gasteiger partial charge is 0.314 e. The molecule has 2 saturated carbocycles. The van der Waals surface area contributed by atoms with Crippen molar-refractivity contribution in [3.05, 3.63) is 41.0 Å². The van der Waals surface area contributed by atoms with Gasteiger partial charge in [-0.3, -0.25) is 4.79 Å². The second-order valence-electron chi connectivity index (χ2n) is 8.21. The van der Waals surface area contributed by atoms with Crippen LogP contribution < -0.4 is 4.74 Å². The van der Waals surface area contributed by atoms with Crippen molar-refractivity contribution in [2.24, 2.45) is 11.8 Å². The first-order valence-electron chi connectivity index (χ1n) is 10.0. The third kappa shape index (κ3) is 4.54. The van der Waals surface area contributed by atoms with Crippen LogP contribution in [0.2, 0.25) is 0 Å². The zero-order chi connectivity index (χ0) is 17.8. The van der Waals surface area contributed by atoms with E-state index in [2.05, 4.69) is 32.9 Å². The largest absolute Gasteiger partial charge is 0.426 e. The Hall–Kier alpha value is -1.57. The van der Waals surface area contributed by atoms with E-state index in [-0.39, 0.29) is 11.9 Å². The summed E-state index contributed by atoms with van der Waals surface area (Å²) in [6.07, 6.45) is 9.78. The Bertz CT molecular complexity index is 606. The second-order valence-corrected chi connectivity index (χ2v) is 8.21. The highest BCUT2D eigenvalue weighted by atomic mass is 16.5. The van der Waals surface area contributed by atoms with Crippen LogP contribution in [0.5, 0.6) is 5.75 Å². The molecular weight excluding hydrogens is 308 g/mol. The molecule has 0 unspecified atom stereocenters. The van der Waals surface area contributed by atoms with Crippen molar-refractivity contribution in [1.82, 2.24) is 0 Å². The number of allylic oxidation sites excluding steroid dienone is 2. The number of ether oxygens (including phenoxy) is 1. The van der Waals surface area contributed by atoms with Gasteiger partial charge in [0.15, 0.2) is 0 Å². The fraction of sp³-hybridized carbons (Fsp3) is 0.609. The summed E-state index contributed by atoms with van der Waals surface area (Å²) in [6, 6.07) is 8.28. The molecule has 0 heterocycles. The first kappa shape index (κ1) is 18.2. The predicted molar refractivity (Wildman–Crippen MR) is 103 cm³/mol. The molecule has 136 valence electrons. The number of hydrogen-bond acceptors (Lipinski definition) is 2. The molecule has 2 heteroatoms. The molecule has 0 N–H and O–H groups in total. The first-order chi connectivity index (χ1) is 12.1. The molecule has 3 rings (SSSR count). The lowest BCUT2D eigenvalue weighted by Gasteiger charge is -2.29. The summed E-state index contributed by atoms with van der Waals surface area (Å²) in [5.74, 6) is 2.30. The molecule has 0 spiro atoms. The van der Waals surface area contributed by atoms with Gasteiger partial charge in [0.2, 0.25) is 0 Å². The Balaban J connectivity index is 1.50. The summed E-state index contributed by atoms with van der Waals surface area (Å²) in [6.45, 7) is 6.52. The molecule has 0 bridgehead atoms. The standard InChI is InChI=1S/C23H32O2/c1-4-5-17-6-8-18(9-7-17)19-10-12-22(13-11-19)25-23(24)21-14-20(15-21)16(2)3/h10-13,17-18,21H,4-9,14-15H2,1-3H3/t17-,18-. The van der Waals surface area contributed by atoms with E-state index in [1.165, 1.54) is 55.2 Å². The van der Waals surface area contributed by atoms with Gasteiger partial charge in [0.25, 0.3) is 0 Å². The predicted octanol–water partition coefficient (Wildman–Crippen LogP) is 6.41. The first-order valence-corrected chi connectivity index (χ1v) is 10.0. The average Bonchev–Trinajstić information content (AvgIpc) is 2.55. The van der Waals surface area contributed by atoms with E-state index in [9.17, 15) is 4.79 Å². The minimum absolute atomic E-state index is 0.0541. The second kappa shape index (κ2) is 8.21. The van der Waals surface area contributed by atoms with E-state index in [0.717, 1.165) is 18.8 Å². The van der Waals surface area contributed by atoms with Crippen molar-refractivity contribution in [1.29, 1.82) is 0 Å². The van der Waals surface area contributed by atoms with Gasteiger partial charge in [-0.15, -0.1) is 0 Å². The van der Waals surface area contributed by atoms with Gasteiger partial charge >= 0.3 is 5.97 Å². The van der Waals surface area contributed by atoms with E-state index in [1.807, 2.05) is 12.1 Å². The maximum Gasteiger partial charge on any atom is 0.314 e. The molecule has 0 atom stereocenters. The molecule has 0 radical (unpaired) electrons. The van der Waals surface area contributed by atoms with E-state index in [4.69, 9.17) is 4.74 Å². The van der Waals surface area contributed by atoms with Crippen LogP contribution in [0.4, 0.5) is 0 Å². The Morgan fingerprint density at radius 2 is 1.68 bits per heavy atom. The lowest BCUT2D eigenvalue weighted by molar-refractivity contribution is -0.140. The lowest BCUT2D eigenvalue weighted by atomic mass is 9.77. The normalized spacial score (nSPS) is 26.0. The topological polar surface area (TPSA) is 26.3 Å². The van der Waals surface area contributed by atoms with Crippen LogP contribution in [-0.4, -0.2) is 5.97 Å². The Labute approximate surface area is 152 Å². The summed E-state index contributed by atoms with van der Waals surface area (Å²) in [7, 11) is 0. The van der Waals surface area contributed by atoms with Gasteiger partial charge in [0.1, 0.15) is 5.75 Å². The summed E-state index contributed by atoms with van der Waals surface area (Å²) in [5, 5.41) is 0. The highest BCUT2D eigenvalue weighted by Crippen LogP contribution is 2.38. The van der Waals surface area contributed by atoms with Crippen molar-refractivity contribution in [2.75, 3.05) is 0 Å². The van der Waals surface area contributed by atoms with Crippen molar-refractivity contribution in [3.63, 3.8) is 0 Å². The molecule has 2 nitrogen and oxygen atoms in total. The van der Waals surface area contributed by atoms with Crippen molar-refractivity contribution in [2.45, 2.75) is 78.1 Å². The van der Waals surface area contributed by atoms with Crippen molar-refractivity contribution >= 4 is 5.97 Å². The molecule has 0 aromatic heterocycles. The molecule has 2 aliphatic rings. The Kier molecular flexibility index (Phi) is 5.98. The number of carbonyl (C=O) groups is 1. The Morgan fingerprint density at radius 3 is 2.24 bits per heavy atom. The van der Waals surface area contributed by atoms with Crippen LogP contribution in [0, 0.1) is 11.8 Å². The zero-order valence-corrected chi connectivity index (χ0v) is 16.0. The number of hydrogen-bond donors (Lipinski definition) is 0. The monoisotopic (exact) mass is 340 g/mol. The minimum atomic E-state index is -0.0715. The summed E-state index contributed by atoms with van der Waals surface area (Å²) < 4.78 is 5.58. The van der Waals surface area contributed by atoms with E-state index >= 15 is 0 Å². The average molecular weight is 341 g/mol. The van der Waals surface area contributed by atoms with Gasteiger partial charge < -0.3 is 4.74 Å². The van der Waals surface area contributed by atoms with Crippen LogP contribution in [-0.2, 0) is 4.79 Å². The van der Waals surface area contributed by atoms with Gasteiger partial charge in [-0.1, -0.05) is 43.0 Å². The van der Waals surface area contributed by atoms with E-state index in [1.54, 1.807) is 0 Å². The van der Waals surface area contributed by atoms with Gasteiger partial charge in [0.05, 0.1) is 5.92 Å². The quantitative estimate of drug-likeness (QED) is 0.351. The fourth-order valence-electron chi connectivity index (χ4n) is 4.31. The maximum absolute atomic E-state index is 12.2. The van der Waals surface area contributed by atoms with Crippen LogP contribution in [0.15, 0.2) is 35.4 Å². The number of benzene rings is 1.